The molecule has 0 radical (unpaired) electrons. The molecule has 16 heavy (non-hydrogen) atoms. The number of rotatable bonds is 3. The van der Waals surface area contributed by atoms with E-state index in [-0.39, 0.29) is 12.3 Å². The van der Waals surface area contributed by atoms with E-state index < -0.39 is 11.8 Å². The fourth-order valence-corrected chi connectivity index (χ4v) is 2.92. The SMILES string of the molecule is CN1CCC(C(F)(F)CC2CCNCC2)C1. The molecule has 0 aromatic heterocycles. The van der Waals surface area contributed by atoms with E-state index in [1.54, 1.807) is 0 Å². The van der Waals surface area contributed by atoms with Crippen LogP contribution in [-0.4, -0.2) is 44.0 Å². The van der Waals surface area contributed by atoms with Gasteiger partial charge in [0.15, 0.2) is 0 Å². The first kappa shape index (κ1) is 12.2. The van der Waals surface area contributed by atoms with Crippen molar-refractivity contribution in [2.75, 3.05) is 33.2 Å². The van der Waals surface area contributed by atoms with Gasteiger partial charge in [-0.1, -0.05) is 0 Å². The summed E-state index contributed by atoms with van der Waals surface area (Å²) in [7, 11) is 1.93. The predicted octanol–water partition coefficient (Wildman–Crippen LogP) is 1.96. The Balaban J connectivity index is 1.85. The molecule has 0 bridgehead atoms. The van der Waals surface area contributed by atoms with Crippen molar-refractivity contribution in [3.8, 4) is 0 Å². The van der Waals surface area contributed by atoms with Crippen molar-refractivity contribution in [3.05, 3.63) is 0 Å². The molecule has 0 spiro atoms. The third kappa shape index (κ3) is 2.92. The maximum absolute atomic E-state index is 14.0. The lowest BCUT2D eigenvalue weighted by molar-refractivity contribution is -0.0754. The molecule has 1 atom stereocenters. The van der Waals surface area contributed by atoms with Gasteiger partial charge in [-0.3, -0.25) is 0 Å². The van der Waals surface area contributed by atoms with Gasteiger partial charge in [-0.2, -0.15) is 0 Å². The zero-order valence-electron chi connectivity index (χ0n) is 10.0. The van der Waals surface area contributed by atoms with Crippen molar-refractivity contribution < 1.29 is 8.78 Å². The fraction of sp³-hybridized carbons (Fsp3) is 1.00. The van der Waals surface area contributed by atoms with E-state index >= 15 is 0 Å². The maximum atomic E-state index is 14.0. The molecule has 2 rings (SSSR count). The van der Waals surface area contributed by atoms with E-state index in [4.69, 9.17) is 0 Å². The minimum absolute atomic E-state index is 0.104. The summed E-state index contributed by atoms with van der Waals surface area (Å²) in [6, 6.07) is 0. The van der Waals surface area contributed by atoms with Crippen LogP contribution >= 0.6 is 0 Å². The van der Waals surface area contributed by atoms with Gasteiger partial charge in [-0.25, -0.2) is 8.78 Å². The van der Waals surface area contributed by atoms with Gasteiger partial charge in [-0.15, -0.1) is 0 Å². The number of halogens is 2. The van der Waals surface area contributed by atoms with Crippen LogP contribution in [-0.2, 0) is 0 Å². The highest BCUT2D eigenvalue weighted by Crippen LogP contribution is 2.38. The van der Waals surface area contributed by atoms with Crippen LogP contribution in [0, 0.1) is 11.8 Å². The van der Waals surface area contributed by atoms with Gasteiger partial charge in [0.1, 0.15) is 0 Å². The number of piperidine rings is 1. The third-order valence-corrected chi connectivity index (χ3v) is 4.01. The molecule has 94 valence electrons. The van der Waals surface area contributed by atoms with Crippen molar-refractivity contribution in [3.63, 3.8) is 0 Å². The molecule has 2 saturated heterocycles. The number of nitrogens with zero attached hydrogens (tertiary/aromatic N) is 1. The van der Waals surface area contributed by atoms with Gasteiger partial charge in [0.05, 0.1) is 0 Å². The van der Waals surface area contributed by atoms with Crippen LogP contribution in [0.3, 0.4) is 0 Å². The van der Waals surface area contributed by atoms with E-state index in [1.807, 2.05) is 11.9 Å². The van der Waals surface area contributed by atoms with E-state index in [9.17, 15) is 8.78 Å². The Morgan fingerprint density at radius 2 is 1.94 bits per heavy atom. The molecule has 1 N–H and O–H groups in total. The minimum atomic E-state index is -2.45. The number of hydrogen-bond donors (Lipinski definition) is 1. The molecule has 4 heteroatoms. The molecule has 2 heterocycles. The highest BCUT2D eigenvalue weighted by molar-refractivity contribution is 4.87. The first-order valence-electron chi connectivity index (χ1n) is 6.35. The highest BCUT2D eigenvalue weighted by atomic mass is 19.3. The molecule has 0 aliphatic carbocycles. The van der Waals surface area contributed by atoms with Crippen molar-refractivity contribution >= 4 is 0 Å². The second-order valence-electron chi connectivity index (χ2n) is 5.41. The van der Waals surface area contributed by atoms with Gasteiger partial charge in [0, 0.05) is 18.9 Å². The molecule has 1 unspecified atom stereocenters. The molecule has 2 aliphatic rings. The summed E-state index contributed by atoms with van der Waals surface area (Å²) in [5.74, 6) is -2.64. The van der Waals surface area contributed by atoms with E-state index in [1.165, 1.54) is 0 Å². The fourth-order valence-electron chi connectivity index (χ4n) is 2.92. The average molecular weight is 232 g/mol. The van der Waals surface area contributed by atoms with E-state index in [2.05, 4.69) is 5.32 Å². The normalized spacial score (nSPS) is 29.8. The summed E-state index contributed by atoms with van der Waals surface area (Å²) >= 11 is 0. The Labute approximate surface area is 96.4 Å². The van der Waals surface area contributed by atoms with Crippen LogP contribution in [0.1, 0.15) is 25.7 Å². The first-order chi connectivity index (χ1) is 7.58. The Bertz CT molecular complexity index is 227. The molecule has 0 saturated carbocycles. The van der Waals surface area contributed by atoms with E-state index in [0.717, 1.165) is 32.5 Å². The summed E-state index contributed by atoms with van der Waals surface area (Å²) in [6.45, 7) is 3.21. The Kier molecular flexibility index (Phi) is 3.80. The van der Waals surface area contributed by atoms with E-state index in [0.29, 0.717) is 13.0 Å². The first-order valence-corrected chi connectivity index (χ1v) is 6.35. The Morgan fingerprint density at radius 1 is 1.25 bits per heavy atom. The van der Waals surface area contributed by atoms with Crippen LogP contribution in [0.15, 0.2) is 0 Å². The zero-order chi connectivity index (χ0) is 11.6. The topological polar surface area (TPSA) is 15.3 Å². The molecular formula is C12H22F2N2. The van der Waals surface area contributed by atoms with Crippen LogP contribution in [0.2, 0.25) is 0 Å². The van der Waals surface area contributed by atoms with Crippen LogP contribution in [0.5, 0.6) is 0 Å². The minimum Gasteiger partial charge on any atom is -0.317 e. The number of hydrogen-bond acceptors (Lipinski definition) is 2. The monoisotopic (exact) mass is 232 g/mol. The van der Waals surface area contributed by atoms with Crippen LogP contribution < -0.4 is 5.32 Å². The molecule has 0 amide bonds. The van der Waals surface area contributed by atoms with Gasteiger partial charge >= 0.3 is 0 Å². The number of likely N-dealkylation sites (tertiary alicyclic amines) is 1. The van der Waals surface area contributed by atoms with Crippen molar-refractivity contribution in [2.24, 2.45) is 11.8 Å². The lowest BCUT2D eigenvalue weighted by Gasteiger charge is -2.30. The molecule has 0 aromatic rings. The summed E-state index contributed by atoms with van der Waals surface area (Å²) in [5.41, 5.74) is 0. The number of alkyl halides is 2. The van der Waals surface area contributed by atoms with Gasteiger partial charge in [0.2, 0.25) is 0 Å². The lowest BCUT2D eigenvalue weighted by Crippen LogP contribution is -2.36. The second-order valence-corrected chi connectivity index (χ2v) is 5.41. The quantitative estimate of drug-likeness (QED) is 0.800. The molecular weight excluding hydrogens is 210 g/mol. The second kappa shape index (κ2) is 4.96. The maximum Gasteiger partial charge on any atom is 0.252 e. The average Bonchev–Trinajstić information content (AvgIpc) is 2.66. The van der Waals surface area contributed by atoms with Crippen LogP contribution in [0.25, 0.3) is 0 Å². The number of nitrogens with one attached hydrogen (secondary N) is 1. The van der Waals surface area contributed by atoms with Gasteiger partial charge < -0.3 is 10.2 Å². The summed E-state index contributed by atoms with van der Waals surface area (Å²) in [6.07, 6.45) is 2.60. The molecule has 2 nitrogen and oxygen atoms in total. The third-order valence-electron chi connectivity index (χ3n) is 4.01. The standard InChI is InChI=1S/C12H22F2N2/c1-16-7-4-11(9-16)12(13,14)8-10-2-5-15-6-3-10/h10-11,15H,2-9H2,1H3. The largest absolute Gasteiger partial charge is 0.317 e. The van der Waals surface area contributed by atoms with Crippen molar-refractivity contribution in [1.82, 2.24) is 10.2 Å². The molecule has 2 aliphatic heterocycles. The van der Waals surface area contributed by atoms with Crippen LogP contribution in [0.4, 0.5) is 8.78 Å². The smallest absolute Gasteiger partial charge is 0.252 e. The predicted molar refractivity (Wildman–Crippen MR) is 60.8 cm³/mol. The summed E-state index contributed by atoms with van der Waals surface area (Å²) in [4.78, 5) is 2.01. The highest BCUT2D eigenvalue weighted by Gasteiger charge is 2.43. The Morgan fingerprint density at radius 3 is 2.50 bits per heavy atom. The van der Waals surface area contributed by atoms with Crippen molar-refractivity contribution in [2.45, 2.75) is 31.6 Å². The van der Waals surface area contributed by atoms with Crippen molar-refractivity contribution in [1.29, 1.82) is 0 Å². The molecule has 2 fully saturated rings. The molecule has 0 aromatic carbocycles. The lowest BCUT2D eigenvalue weighted by atomic mass is 9.86. The van der Waals surface area contributed by atoms with Gasteiger partial charge in [-0.05, 0) is 51.9 Å². The zero-order valence-corrected chi connectivity index (χ0v) is 10.0. The Hall–Kier alpha value is -0.220. The summed E-state index contributed by atoms with van der Waals surface area (Å²) in [5, 5.41) is 3.22. The van der Waals surface area contributed by atoms with Gasteiger partial charge in [0.25, 0.3) is 5.92 Å². The summed E-state index contributed by atoms with van der Waals surface area (Å²) < 4.78 is 28.1.